The largest absolute Gasteiger partial charge is 0.458 e. The molecule has 7 heteroatoms. The molecule has 0 unspecified atom stereocenters. The summed E-state index contributed by atoms with van der Waals surface area (Å²) < 4.78 is 26.6. The number of carbonyl (C=O) groups excluding carboxylic acids is 2. The number of fused-ring (bicyclic) bond motifs is 2. The first-order chi connectivity index (χ1) is 20.0. The molecule has 2 aromatic carbocycles. The number of ketones is 1. The summed E-state index contributed by atoms with van der Waals surface area (Å²) in [5.41, 5.74) is -0.191. The molecule has 5 aliphatic rings. The minimum Gasteiger partial charge on any atom is -0.458 e. The topological polar surface area (TPSA) is 91.3 Å². The Morgan fingerprint density at radius 3 is 2.45 bits per heavy atom. The van der Waals surface area contributed by atoms with Gasteiger partial charge in [-0.1, -0.05) is 74.2 Å². The van der Waals surface area contributed by atoms with Gasteiger partial charge in [-0.15, -0.1) is 0 Å². The Kier molecular flexibility index (Phi) is 6.09. The summed E-state index contributed by atoms with van der Waals surface area (Å²) in [5.74, 6) is -3.40. The van der Waals surface area contributed by atoms with Crippen molar-refractivity contribution >= 4 is 11.8 Å². The normalized spacial score (nSPS) is 39.6. The molecule has 0 spiro atoms. The minimum absolute atomic E-state index is 0.0279. The SMILES string of the molecule is C=C(C)[C@]12C[C@@H](C)[C@@]34O[C@@](Cc5ccccc5)(O[C@@H]1[C@@H]3C=C(COC(=O)c1ccccc1)C[C@]1(O)C(=O)C(C)=C[C@@H]41)O2. The number of Topliss-reactive ketones (excluding diaryl/α,β-unsaturated/α-hetero) is 1. The monoisotopic (exact) mass is 568 g/mol. The van der Waals surface area contributed by atoms with E-state index in [1.807, 2.05) is 55.5 Å². The van der Waals surface area contributed by atoms with Crippen LogP contribution in [0.3, 0.4) is 0 Å². The van der Waals surface area contributed by atoms with Crippen molar-refractivity contribution in [3.63, 3.8) is 0 Å². The summed E-state index contributed by atoms with van der Waals surface area (Å²) in [6, 6.07) is 18.7. The van der Waals surface area contributed by atoms with Gasteiger partial charge in [0.2, 0.25) is 0 Å². The third-order valence-electron chi connectivity index (χ3n) is 10.1. The molecule has 2 aromatic rings. The van der Waals surface area contributed by atoms with Crippen molar-refractivity contribution < 1.29 is 33.6 Å². The Morgan fingerprint density at radius 1 is 1.07 bits per heavy atom. The Labute approximate surface area is 245 Å². The van der Waals surface area contributed by atoms with Crippen LogP contribution in [0.1, 0.15) is 49.5 Å². The summed E-state index contributed by atoms with van der Waals surface area (Å²) in [6.07, 6.45) is 4.36. The lowest BCUT2D eigenvalue weighted by Gasteiger charge is -2.59. The third kappa shape index (κ3) is 3.73. The van der Waals surface area contributed by atoms with Crippen LogP contribution >= 0.6 is 0 Å². The van der Waals surface area contributed by atoms with Gasteiger partial charge < -0.3 is 24.1 Å². The van der Waals surface area contributed by atoms with E-state index in [-0.39, 0.29) is 24.7 Å². The van der Waals surface area contributed by atoms with Crippen LogP contribution in [0.2, 0.25) is 0 Å². The zero-order chi connectivity index (χ0) is 29.5. The summed E-state index contributed by atoms with van der Waals surface area (Å²) in [6.45, 7) is 10.1. The number of esters is 1. The Bertz CT molecular complexity index is 1530. The van der Waals surface area contributed by atoms with Crippen molar-refractivity contribution in [1.82, 2.24) is 0 Å². The molecule has 2 saturated heterocycles. The standard InChI is InChI=1S/C35H36O7/c1-21(2)33-17-23(4)35-27(30(33)40-34(41-33,42-35)19-24-11-7-5-8-12-24)16-25(18-32(38)28(35)15-22(3)29(32)36)20-39-31(37)26-13-9-6-10-14-26/h5-16,23,27-28,30,38H,1,17-20H2,2-4H3/t23-,27+,28-,30-,32-,33-,34+,35-/m1/s1. The molecule has 2 heterocycles. The highest BCUT2D eigenvalue weighted by Crippen LogP contribution is 2.68. The van der Waals surface area contributed by atoms with E-state index in [1.54, 1.807) is 31.2 Å². The van der Waals surface area contributed by atoms with Gasteiger partial charge in [-0.25, -0.2) is 4.79 Å². The van der Waals surface area contributed by atoms with Crippen LogP contribution in [0.4, 0.5) is 0 Å². The third-order valence-corrected chi connectivity index (χ3v) is 10.1. The number of benzene rings is 2. The average molecular weight is 569 g/mol. The molecular weight excluding hydrogens is 532 g/mol. The first kappa shape index (κ1) is 27.5. The van der Waals surface area contributed by atoms with Gasteiger partial charge >= 0.3 is 5.97 Å². The molecule has 0 radical (unpaired) electrons. The molecule has 7 nitrogen and oxygen atoms in total. The van der Waals surface area contributed by atoms with Gasteiger partial charge in [0.25, 0.3) is 5.97 Å². The van der Waals surface area contributed by atoms with E-state index in [2.05, 4.69) is 13.5 Å². The van der Waals surface area contributed by atoms with Crippen molar-refractivity contribution in [2.75, 3.05) is 6.61 Å². The van der Waals surface area contributed by atoms with Gasteiger partial charge in [-0.3, -0.25) is 4.79 Å². The molecule has 7 rings (SSSR count). The van der Waals surface area contributed by atoms with Crippen LogP contribution < -0.4 is 0 Å². The first-order valence-corrected chi connectivity index (χ1v) is 14.7. The summed E-state index contributed by atoms with van der Waals surface area (Å²) in [5, 5.41) is 12.3. The molecule has 2 aliphatic heterocycles. The van der Waals surface area contributed by atoms with Crippen molar-refractivity contribution in [2.45, 2.75) is 68.9 Å². The van der Waals surface area contributed by atoms with Gasteiger partial charge in [-0.2, -0.15) is 0 Å². The predicted molar refractivity (Wildman–Crippen MR) is 154 cm³/mol. The van der Waals surface area contributed by atoms with E-state index in [1.165, 1.54) is 0 Å². The lowest BCUT2D eigenvalue weighted by atomic mass is 9.55. The molecule has 0 amide bonds. The molecule has 42 heavy (non-hydrogen) atoms. The summed E-state index contributed by atoms with van der Waals surface area (Å²) >= 11 is 0. The molecule has 218 valence electrons. The first-order valence-electron chi connectivity index (χ1n) is 14.7. The second-order valence-corrected chi connectivity index (χ2v) is 12.8. The summed E-state index contributed by atoms with van der Waals surface area (Å²) in [7, 11) is 0. The lowest BCUT2D eigenvalue weighted by Crippen LogP contribution is -2.70. The maximum Gasteiger partial charge on any atom is 0.338 e. The summed E-state index contributed by atoms with van der Waals surface area (Å²) in [4.78, 5) is 26.6. The van der Waals surface area contributed by atoms with Crippen LogP contribution in [0.15, 0.2) is 96.1 Å². The van der Waals surface area contributed by atoms with Crippen LogP contribution in [0.5, 0.6) is 0 Å². The zero-order valence-electron chi connectivity index (χ0n) is 24.2. The van der Waals surface area contributed by atoms with Crippen LogP contribution in [-0.2, 0) is 30.2 Å². The molecule has 3 bridgehead atoms. The fraction of sp³-hybridized carbons (Fsp3) is 0.429. The van der Waals surface area contributed by atoms with Crippen molar-refractivity contribution in [3.05, 3.63) is 107 Å². The highest BCUT2D eigenvalue weighted by Gasteiger charge is 2.79. The number of hydrogen-bond acceptors (Lipinski definition) is 7. The highest BCUT2D eigenvalue weighted by molar-refractivity contribution is 6.05. The number of aliphatic hydroxyl groups is 1. The molecular formula is C35H36O7. The van der Waals surface area contributed by atoms with Gasteiger partial charge in [0.15, 0.2) is 5.78 Å². The van der Waals surface area contributed by atoms with Crippen LogP contribution in [-0.4, -0.2) is 52.3 Å². The van der Waals surface area contributed by atoms with Gasteiger partial charge in [-0.05, 0) is 60.6 Å². The fourth-order valence-corrected chi connectivity index (χ4v) is 8.30. The number of carbonyl (C=O) groups is 2. The van der Waals surface area contributed by atoms with E-state index >= 15 is 0 Å². The number of hydrogen-bond donors (Lipinski definition) is 1. The quantitative estimate of drug-likeness (QED) is 0.383. The molecule has 3 fully saturated rings. The smallest absolute Gasteiger partial charge is 0.338 e. The van der Waals surface area contributed by atoms with Gasteiger partial charge in [0.05, 0.1) is 17.6 Å². The second kappa shape index (κ2) is 9.32. The van der Waals surface area contributed by atoms with Gasteiger partial charge in [0, 0.05) is 18.3 Å². The van der Waals surface area contributed by atoms with E-state index in [4.69, 9.17) is 18.9 Å². The highest BCUT2D eigenvalue weighted by atomic mass is 16.9. The Hall–Kier alpha value is -3.36. The van der Waals surface area contributed by atoms with E-state index in [0.717, 1.165) is 11.1 Å². The second-order valence-electron chi connectivity index (χ2n) is 12.8. The average Bonchev–Trinajstić information content (AvgIpc) is 3.28. The van der Waals surface area contributed by atoms with E-state index in [0.29, 0.717) is 29.6 Å². The minimum atomic E-state index is -1.76. The molecule has 3 aliphatic carbocycles. The maximum atomic E-state index is 13.7. The Balaban J connectivity index is 1.35. The number of ether oxygens (including phenoxy) is 4. The van der Waals surface area contributed by atoms with Crippen LogP contribution in [0, 0.1) is 17.8 Å². The van der Waals surface area contributed by atoms with E-state index in [9.17, 15) is 14.7 Å². The molecule has 1 N–H and O–H groups in total. The van der Waals surface area contributed by atoms with Crippen molar-refractivity contribution in [2.24, 2.45) is 17.8 Å². The van der Waals surface area contributed by atoms with E-state index < -0.39 is 46.7 Å². The van der Waals surface area contributed by atoms with Crippen LogP contribution in [0.25, 0.3) is 0 Å². The fourth-order valence-electron chi connectivity index (χ4n) is 8.30. The van der Waals surface area contributed by atoms with Gasteiger partial charge in [0.1, 0.15) is 23.9 Å². The molecule has 8 atom stereocenters. The van der Waals surface area contributed by atoms with Crippen molar-refractivity contribution in [3.8, 4) is 0 Å². The lowest BCUT2D eigenvalue weighted by molar-refractivity contribution is -0.421. The maximum absolute atomic E-state index is 13.7. The Morgan fingerprint density at radius 2 is 1.76 bits per heavy atom. The number of rotatable bonds is 6. The predicted octanol–water partition coefficient (Wildman–Crippen LogP) is 5.10. The van der Waals surface area contributed by atoms with Crippen molar-refractivity contribution in [1.29, 1.82) is 0 Å². The zero-order valence-corrected chi connectivity index (χ0v) is 24.2. The molecule has 0 aromatic heterocycles. The molecule has 1 saturated carbocycles.